The number of nitrogens with zero attached hydrogens (tertiary/aromatic N) is 1. The SMILES string of the molecule is COc1ccc(Br)cc1C1C(N)CC(=O)N1C. The molecule has 2 rings (SSSR count). The molecule has 2 unspecified atom stereocenters. The Balaban J connectivity index is 2.45. The minimum atomic E-state index is -0.185. The van der Waals surface area contributed by atoms with Crippen LogP contribution in [0.5, 0.6) is 5.75 Å². The van der Waals surface area contributed by atoms with E-state index < -0.39 is 0 Å². The lowest BCUT2D eigenvalue weighted by molar-refractivity contribution is -0.127. The molecule has 4 nitrogen and oxygen atoms in total. The van der Waals surface area contributed by atoms with Gasteiger partial charge in [-0.25, -0.2) is 0 Å². The largest absolute Gasteiger partial charge is 0.496 e. The van der Waals surface area contributed by atoms with Gasteiger partial charge in [0.15, 0.2) is 0 Å². The molecule has 0 saturated carbocycles. The number of rotatable bonds is 2. The summed E-state index contributed by atoms with van der Waals surface area (Å²) in [6.07, 6.45) is 0.386. The average Bonchev–Trinajstić information content (AvgIpc) is 2.53. The lowest BCUT2D eigenvalue weighted by Crippen LogP contribution is -2.30. The third-order valence-corrected chi connectivity index (χ3v) is 3.63. The van der Waals surface area contributed by atoms with Crippen molar-refractivity contribution < 1.29 is 9.53 Å². The lowest BCUT2D eigenvalue weighted by Gasteiger charge is -2.25. The summed E-state index contributed by atoms with van der Waals surface area (Å²) in [4.78, 5) is 13.3. The average molecular weight is 299 g/mol. The summed E-state index contributed by atoms with van der Waals surface area (Å²) in [5.74, 6) is 0.833. The predicted octanol–water partition coefficient (Wildman–Crippen LogP) is 1.69. The second-order valence-electron chi connectivity index (χ2n) is 4.20. The second kappa shape index (κ2) is 4.66. The van der Waals surface area contributed by atoms with Crippen LogP contribution in [0.15, 0.2) is 22.7 Å². The maximum atomic E-state index is 11.6. The Bertz CT molecular complexity index is 450. The van der Waals surface area contributed by atoms with Crippen LogP contribution in [0, 0.1) is 0 Å². The summed E-state index contributed by atoms with van der Waals surface area (Å²) >= 11 is 3.43. The van der Waals surface area contributed by atoms with Gasteiger partial charge in [0.1, 0.15) is 5.75 Å². The van der Waals surface area contributed by atoms with E-state index in [1.807, 2.05) is 18.2 Å². The van der Waals surface area contributed by atoms with E-state index >= 15 is 0 Å². The normalized spacial score (nSPS) is 24.2. The highest BCUT2D eigenvalue weighted by Gasteiger charge is 2.37. The van der Waals surface area contributed by atoms with Gasteiger partial charge in [-0.05, 0) is 18.2 Å². The monoisotopic (exact) mass is 298 g/mol. The predicted molar refractivity (Wildman–Crippen MR) is 68.8 cm³/mol. The van der Waals surface area contributed by atoms with Crippen LogP contribution in [0.2, 0.25) is 0 Å². The molecular weight excluding hydrogens is 284 g/mol. The van der Waals surface area contributed by atoms with Crippen molar-refractivity contribution in [2.24, 2.45) is 5.73 Å². The molecule has 1 aliphatic heterocycles. The van der Waals surface area contributed by atoms with Gasteiger partial charge in [0.05, 0.1) is 13.2 Å². The molecule has 1 heterocycles. The van der Waals surface area contributed by atoms with E-state index in [0.717, 1.165) is 15.8 Å². The van der Waals surface area contributed by atoms with Crippen LogP contribution in [-0.2, 0) is 4.79 Å². The van der Waals surface area contributed by atoms with Gasteiger partial charge in [-0.15, -0.1) is 0 Å². The Labute approximate surface area is 109 Å². The minimum absolute atomic E-state index is 0.0736. The molecule has 2 N–H and O–H groups in total. The van der Waals surface area contributed by atoms with Crippen molar-refractivity contribution in [2.45, 2.75) is 18.5 Å². The number of amides is 1. The second-order valence-corrected chi connectivity index (χ2v) is 5.12. The third-order valence-electron chi connectivity index (χ3n) is 3.14. The molecule has 0 bridgehead atoms. The highest BCUT2D eigenvalue weighted by molar-refractivity contribution is 9.10. The van der Waals surface area contributed by atoms with Crippen molar-refractivity contribution in [1.29, 1.82) is 0 Å². The summed E-state index contributed by atoms with van der Waals surface area (Å²) in [5.41, 5.74) is 6.98. The van der Waals surface area contributed by atoms with Crippen molar-refractivity contribution in [3.63, 3.8) is 0 Å². The van der Waals surface area contributed by atoms with Crippen LogP contribution in [0.3, 0.4) is 0 Å². The summed E-state index contributed by atoms with van der Waals surface area (Å²) in [7, 11) is 3.40. The molecule has 0 aromatic heterocycles. The number of hydrogen-bond acceptors (Lipinski definition) is 3. The highest BCUT2D eigenvalue weighted by Crippen LogP contribution is 2.37. The number of methoxy groups -OCH3 is 1. The zero-order valence-corrected chi connectivity index (χ0v) is 11.4. The maximum absolute atomic E-state index is 11.6. The number of likely N-dealkylation sites (N-methyl/N-ethyl adjacent to an activating group) is 1. The van der Waals surface area contributed by atoms with Gasteiger partial charge in [-0.2, -0.15) is 0 Å². The van der Waals surface area contributed by atoms with Crippen LogP contribution >= 0.6 is 15.9 Å². The van der Waals surface area contributed by atoms with E-state index in [1.165, 1.54) is 0 Å². The zero-order chi connectivity index (χ0) is 12.6. The van der Waals surface area contributed by atoms with Gasteiger partial charge in [-0.1, -0.05) is 15.9 Å². The van der Waals surface area contributed by atoms with Crippen molar-refractivity contribution >= 4 is 21.8 Å². The molecule has 0 radical (unpaired) electrons. The van der Waals surface area contributed by atoms with Crippen LogP contribution in [0.1, 0.15) is 18.0 Å². The summed E-state index contributed by atoms with van der Waals surface area (Å²) in [6, 6.07) is 5.44. The first-order valence-corrected chi connectivity index (χ1v) is 6.18. The molecular formula is C12H15BrN2O2. The van der Waals surface area contributed by atoms with Crippen LogP contribution in [-0.4, -0.2) is 31.0 Å². The number of nitrogens with two attached hydrogens (primary N) is 1. The quantitative estimate of drug-likeness (QED) is 0.904. The number of likely N-dealkylation sites (tertiary alicyclic amines) is 1. The fourth-order valence-electron chi connectivity index (χ4n) is 2.28. The Hall–Kier alpha value is -1.07. The molecule has 17 heavy (non-hydrogen) atoms. The van der Waals surface area contributed by atoms with Crippen molar-refractivity contribution in [3.05, 3.63) is 28.2 Å². The van der Waals surface area contributed by atoms with E-state index in [9.17, 15) is 4.79 Å². The van der Waals surface area contributed by atoms with Crippen LogP contribution in [0.25, 0.3) is 0 Å². The van der Waals surface area contributed by atoms with E-state index in [1.54, 1.807) is 19.1 Å². The Morgan fingerprint density at radius 1 is 1.53 bits per heavy atom. The van der Waals surface area contributed by atoms with Crippen LogP contribution in [0.4, 0.5) is 0 Å². The number of carbonyl (C=O) groups excluding carboxylic acids is 1. The Morgan fingerprint density at radius 2 is 2.24 bits per heavy atom. The fourth-order valence-corrected chi connectivity index (χ4v) is 2.65. The molecule has 1 aromatic carbocycles. The van der Waals surface area contributed by atoms with E-state index in [2.05, 4.69) is 15.9 Å². The standard InChI is InChI=1S/C12H15BrN2O2/c1-15-11(16)6-9(14)12(15)8-5-7(13)3-4-10(8)17-2/h3-5,9,12H,6,14H2,1-2H3. The molecule has 92 valence electrons. The smallest absolute Gasteiger partial charge is 0.224 e. The first-order valence-electron chi connectivity index (χ1n) is 5.39. The topological polar surface area (TPSA) is 55.6 Å². The molecule has 1 saturated heterocycles. The summed E-state index contributed by atoms with van der Waals surface area (Å²) in [6.45, 7) is 0. The lowest BCUT2D eigenvalue weighted by atomic mass is 10.00. The molecule has 0 spiro atoms. The van der Waals surface area contributed by atoms with Gasteiger partial charge in [0.2, 0.25) is 5.91 Å². The molecule has 1 aromatic rings. The van der Waals surface area contributed by atoms with E-state index in [0.29, 0.717) is 6.42 Å². The Morgan fingerprint density at radius 3 is 2.76 bits per heavy atom. The zero-order valence-electron chi connectivity index (χ0n) is 9.81. The molecule has 1 amide bonds. The fraction of sp³-hybridized carbons (Fsp3) is 0.417. The van der Waals surface area contributed by atoms with E-state index in [-0.39, 0.29) is 18.0 Å². The van der Waals surface area contributed by atoms with Crippen molar-refractivity contribution in [2.75, 3.05) is 14.2 Å². The number of hydrogen-bond donors (Lipinski definition) is 1. The number of carbonyl (C=O) groups is 1. The highest BCUT2D eigenvalue weighted by atomic mass is 79.9. The van der Waals surface area contributed by atoms with Gasteiger partial charge in [-0.3, -0.25) is 4.79 Å². The Kier molecular flexibility index (Phi) is 3.40. The number of benzene rings is 1. The van der Waals surface area contributed by atoms with Crippen LogP contribution < -0.4 is 10.5 Å². The van der Waals surface area contributed by atoms with Crippen molar-refractivity contribution in [1.82, 2.24) is 4.90 Å². The molecule has 1 aliphatic rings. The first-order chi connectivity index (χ1) is 8.04. The first kappa shape index (κ1) is 12.4. The number of halogens is 1. The summed E-state index contributed by atoms with van der Waals surface area (Å²) in [5, 5.41) is 0. The van der Waals surface area contributed by atoms with Gasteiger partial charge in [0, 0.05) is 29.5 Å². The summed E-state index contributed by atoms with van der Waals surface area (Å²) < 4.78 is 6.28. The van der Waals surface area contributed by atoms with Gasteiger partial charge >= 0.3 is 0 Å². The van der Waals surface area contributed by atoms with Gasteiger partial charge < -0.3 is 15.4 Å². The maximum Gasteiger partial charge on any atom is 0.224 e. The molecule has 5 heteroatoms. The molecule has 0 aliphatic carbocycles. The van der Waals surface area contributed by atoms with Crippen molar-refractivity contribution in [3.8, 4) is 5.75 Å². The van der Waals surface area contributed by atoms with Gasteiger partial charge in [0.25, 0.3) is 0 Å². The molecule has 2 atom stereocenters. The minimum Gasteiger partial charge on any atom is -0.496 e. The number of ether oxygens (including phenoxy) is 1. The molecule has 1 fully saturated rings. The van der Waals surface area contributed by atoms with E-state index in [4.69, 9.17) is 10.5 Å². The third kappa shape index (κ3) is 2.17.